The second-order valence-electron chi connectivity index (χ2n) is 7.88. The second kappa shape index (κ2) is 11.7. The van der Waals surface area contributed by atoms with Gasteiger partial charge in [0.2, 0.25) is 11.8 Å². The Hall–Kier alpha value is -3.59. The number of hydrogen-bond donors (Lipinski definition) is 0. The van der Waals surface area contributed by atoms with Crippen LogP contribution in [-0.2, 0) is 16.1 Å². The maximum Gasteiger partial charge on any atom is 0.226 e. The molecule has 0 bridgehead atoms. The Kier molecular flexibility index (Phi) is 8.44. The maximum atomic E-state index is 13.1. The molecule has 0 aliphatic carbocycles. The van der Waals surface area contributed by atoms with Crippen molar-refractivity contribution in [3.8, 4) is 11.8 Å². The van der Waals surface area contributed by atoms with Crippen LogP contribution in [0.3, 0.4) is 0 Å². The number of hydrogen-bond acceptors (Lipinski definition) is 4. The molecule has 166 valence electrons. The Morgan fingerprint density at radius 1 is 1.12 bits per heavy atom. The van der Waals surface area contributed by atoms with E-state index in [2.05, 4.69) is 12.6 Å². The second-order valence-corrected chi connectivity index (χ2v) is 7.88. The third-order valence-corrected chi connectivity index (χ3v) is 5.64. The summed E-state index contributed by atoms with van der Waals surface area (Å²) >= 11 is 0. The summed E-state index contributed by atoms with van der Waals surface area (Å²) in [5.41, 5.74) is 1.58. The molecule has 1 fully saturated rings. The Bertz CT molecular complexity index is 943. The number of nitriles is 1. The zero-order valence-electron chi connectivity index (χ0n) is 18.3. The van der Waals surface area contributed by atoms with Crippen LogP contribution in [0, 0.1) is 17.2 Å². The first-order valence-corrected chi connectivity index (χ1v) is 10.9. The topological polar surface area (TPSA) is 73.6 Å². The molecule has 2 aromatic carbocycles. The van der Waals surface area contributed by atoms with Gasteiger partial charge >= 0.3 is 0 Å². The first-order valence-electron chi connectivity index (χ1n) is 10.9. The molecule has 0 unspecified atom stereocenters. The number of carbonyl (C=O) groups is 2. The molecule has 0 radical (unpaired) electrons. The van der Waals surface area contributed by atoms with Crippen molar-refractivity contribution in [2.75, 3.05) is 26.2 Å². The standard InChI is InChI=1S/C26H29N3O3/c1-2-15-29(20-22-10-8-21(19-27)9-11-22)26(31)23-12-16-28(17-13-23)25(30)14-18-32-24-6-4-3-5-7-24/h2-11,23H,1,12-18,20H2. The lowest BCUT2D eigenvalue weighted by molar-refractivity contribution is -0.141. The van der Waals surface area contributed by atoms with Gasteiger partial charge in [0.1, 0.15) is 5.75 Å². The highest BCUT2D eigenvalue weighted by atomic mass is 16.5. The third-order valence-electron chi connectivity index (χ3n) is 5.64. The number of piperidine rings is 1. The smallest absolute Gasteiger partial charge is 0.226 e. The number of amides is 2. The Balaban J connectivity index is 1.47. The van der Waals surface area contributed by atoms with Gasteiger partial charge in [0, 0.05) is 32.1 Å². The minimum atomic E-state index is -0.0991. The highest BCUT2D eigenvalue weighted by Crippen LogP contribution is 2.22. The van der Waals surface area contributed by atoms with Gasteiger partial charge < -0.3 is 14.5 Å². The summed E-state index contributed by atoms with van der Waals surface area (Å²) in [7, 11) is 0. The summed E-state index contributed by atoms with van der Waals surface area (Å²) in [4.78, 5) is 29.3. The molecule has 0 atom stereocenters. The maximum absolute atomic E-state index is 13.1. The molecule has 0 aromatic heterocycles. The minimum Gasteiger partial charge on any atom is -0.493 e. The first kappa shape index (κ1) is 23.1. The molecular formula is C26H29N3O3. The summed E-state index contributed by atoms with van der Waals surface area (Å²) in [6, 6.07) is 18.8. The number of likely N-dealkylation sites (tertiary alicyclic amines) is 1. The third kappa shape index (κ3) is 6.45. The summed E-state index contributed by atoms with van der Waals surface area (Å²) in [5.74, 6) is 0.813. The summed E-state index contributed by atoms with van der Waals surface area (Å²) in [6.45, 7) is 6.24. The Morgan fingerprint density at radius 3 is 2.44 bits per heavy atom. The lowest BCUT2D eigenvalue weighted by Crippen LogP contribution is -2.44. The normalized spacial score (nSPS) is 13.8. The molecule has 3 rings (SSSR count). The van der Waals surface area contributed by atoms with E-state index in [4.69, 9.17) is 10.00 Å². The van der Waals surface area contributed by atoms with Crippen molar-refractivity contribution < 1.29 is 14.3 Å². The molecule has 0 N–H and O–H groups in total. The highest BCUT2D eigenvalue weighted by molar-refractivity contribution is 5.80. The molecule has 2 aromatic rings. The molecule has 1 saturated heterocycles. The number of carbonyl (C=O) groups excluding carboxylic acids is 2. The minimum absolute atomic E-state index is 0.0624. The lowest BCUT2D eigenvalue weighted by atomic mass is 9.94. The molecule has 6 nitrogen and oxygen atoms in total. The van der Waals surface area contributed by atoms with Gasteiger partial charge in [0.25, 0.3) is 0 Å². The van der Waals surface area contributed by atoms with Gasteiger partial charge in [-0.15, -0.1) is 6.58 Å². The van der Waals surface area contributed by atoms with E-state index in [0.29, 0.717) is 57.6 Å². The van der Waals surface area contributed by atoms with Crippen LogP contribution in [0.2, 0.25) is 0 Å². The molecule has 1 heterocycles. The molecule has 32 heavy (non-hydrogen) atoms. The molecule has 0 saturated carbocycles. The first-order chi connectivity index (χ1) is 15.6. The zero-order valence-corrected chi connectivity index (χ0v) is 18.3. The van der Waals surface area contributed by atoms with Crippen LogP contribution in [0.4, 0.5) is 0 Å². The number of benzene rings is 2. The lowest BCUT2D eigenvalue weighted by Gasteiger charge is -2.34. The number of ether oxygens (including phenoxy) is 1. The van der Waals surface area contributed by atoms with E-state index in [9.17, 15) is 9.59 Å². The van der Waals surface area contributed by atoms with E-state index < -0.39 is 0 Å². The van der Waals surface area contributed by atoms with Crippen molar-refractivity contribution in [3.63, 3.8) is 0 Å². The fourth-order valence-electron chi connectivity index (χ4n) is 3.86. The van der Waals surface area contributed by atoms with Gasteiger partial charge in [-0.25, -0.2) is 0 Å². The van der Waals surface area contributed by atoms with E-state index >= 15 is 0 Å². The Labute approximate surface area is 189 Å². The fraction of sp³-hybridized carbons (Fsp3) is 0.346. The van der Waals surface area contributed by atoms with Crippen molar-refractivity contribution in [3.05, 3.63) is 78.4 Å². The van der Waals surface area contributed by atoms with E-state index in [1.54, 1.807) is 23.1 Å². The average Bonchev–Trinajstić information content (AvgIpc) is 2.84. The van der Waals surface area contributed by atoms with Crippen LogP contribution in [0.25, 0.3) is 0 Å². The van der Waals surface area contributed by atoms with Crippen LogP contribution in [0.5, 0.6) is 5.75 Å². The van der Waals surface area contributed by atoms with E-state index in [-0.39, 0.29) is 17.7 Å². The summed E-state index contributed by atoms with van der Waals surface area (Å²) in [6.07, 6.45) is 3.37. The monoisotopic (exact) mass is 431 g/mol. The molecule has 6 heteroatoms. The van der Waals surface area contributed by atoms with Gasteiger partial charge in [0.05, 0.1) is 24.7 Å². The molecule has 0 spiro atoms. The highest BCUT2D eigenvalue weighted by Gasteiger charge is 2.29. The SMILES string of the molecule is C=CCN(Cc1ccc(C#N)cc1)C(=O)C1CCN(C(=O)CCOc2ccccc2)CC1. The van der Waals surface area contributed by atoms with Crippen molar-refractivity contribution in [1.82, 2.24) is 9.80 Å². The van der Waals surface area contributed by atoms with Gasteiger partial charge in [0.15, 0.2) is 0 Å². The van der Waals surface area contributed by atoms with Crippen LogP contribution in [0.15, 0.2) is 67.3 Å². The summed E-state index contributed by atoms with van der Waals surface area (Å²) in [5, 5.41) is 8.95. The quantitative estimate of drug-likeness (QED) is 0.567. The Morgan fingerprint density at radius 2 is 1.81 bits per heavy atom. The number of nitrogens with zero attached hydrogens (tertiary/aromatic N) is 3. The number of para-hydroxylation sites is 1. The van der Waals surface area contributed by atoms with Crippen molar-refractivity contribution in [2.24, 2.45) is 5.92 Å². The van der Waals surface area contributed by atoms with Crippen LogP contribution >= 0.6 is 0 Å². The average molecular weight is 432 g/mol. The van der Waals surface area contributed by atoms with Crippen molar-refractivity contribution in [2.45, 2.75) is 25.8 Å². The fourth-order valence-corrected chi connectivity index (χ4v) is 3.86. The van der Waals surface area contributed by atoms with Gasteiger partial charge in [-0.05, 0) is 42.7 Å². The van der Waals surface area contributed by atoms with E-state index in [1.165, 1.54) is 0 Å². The molecular weight excluding hydrogens is 402 g/mol. The number of rotatable bonds is 9. The van der Waals surface area contributed by atoms with Crippen LogP contribution in [0.1, 0.15) is 30.4 Å². The van der Waals surface area contributed by atoms with Gasteiger partial charge in [-0.3, -0.25) is 9.59 Å². The van der Waals surface area contributed by atoms with E-state index in [0.717, 1.165) is 11.3 Å². The molecule has 1 aliphatic heterocycles. The molecule has 1 aliphatic rings. The predicted octanol–water partition coefficient (Wildman–Crippen LogP) is 3.78. The summed E-state index contributed by atoms with van der Waals surface area (Å²) < 4.78 is 5.62. The van der Waals surface area contributed by atoms with Crippen LogP contribution < -0.4 is 4.74 Å². The van der Waals surface area contributed by atoms with Gasteiger partial charge in [-0.1, -0.05) is 36.4 Å². The van der Waals surface area contributed by atoms with Crippen molar-refractivity contribution in [1.29, 1.82) is 5.26 Å². The zero-order chi connectivity index (χ0) is 22.8. The van der Waals surface area contributed by atoms with Crippen molar-refractivity contribution >= 4 is 11.8 Å². The van der Waals surface area contributed by atoms with Gasteiger partial charge in [-0.2, -0.15) is 5.26 Å². The van der Waals surface area contributed by atoms with E-state index in [1.807, 2.05) is 47.4 Å². The predicted molar refractivity (Wildman–Crippen MR) is 123 cm³/mol. The van der Waals surface area contributed by atoms with Crippen LogP contribution in [-0.4, -0.2) is 47.9 Å². The largest absolute Gasteiger partial charge is 0.493 e. The molecule has 2 amide bonds.